The highest BCUT2D eigenvalue weighted by Gasteiger charge is 2.10. The molecule has 0 atom stereocenters. The van der Waals surface area contributed by atoms with Gasteiger partial charge in [0, 0.05) is 18.7 Å². The molecule has 0 fully saturated rings. The van der Waals surface area contributed by atoms with E-state index in [-0.39, 0.29) is 17.7 Å². The summed E-state index contributed by atoms with van der Waals surface area (Å²) in [6, 6.07) is 12.7. The summed E-state index contributed by atoms with van der Waals surface area (Å²) < 4.78 is 27.3. The molecule has 0 heterocycles. The minimum absolute atomic E-state index is 0.000155. The highest BCUT2D eigenvalue weighted by molar-refractivity contribution is 5.34. The number of hydrogen-bond acceptors (Lipinski definition) is 3. The van der Waals surface area contributed by atoms with Gasteiger partial charge in [-0.15, -0.1) is 0 Å². The van der Waals surface area contributed by atoms with Crippen molar-refractivity contribution in [2.45, 2.75) is 13.1 Å². The lowest BCUT2D eigenvalue weighted by atomic mass is 10.1. The Morgan fingerprint density at radius 1 is 0.905 bits per heavy atom. The van der Waals surface area contributed by atoms with Crippen LogP contribution in [-0.4, -0.2) is 0 Å². The van der Waals surface area contributed by atoms with Crippen LogP contribution in [0.3, 0.4) is 0 Å². The van der Waals surface area contributed by atoms with Gasteiger partial charge in [-0.3, -0.25) is 0 Å². The molecule has 0 amide bonds. The molecule has 2 aromatic rings. The molecule has 0 aliphatic heterocycles. The summed E-state index contributed by atoms with van der Waals surface area (Å²) in [6.07, 6.45) is 0. The van der Waals surface area contributed by atoms with E-state index in [1.807, 2.05) is 12.1 Å². The summed E-state index contributed by atoms with van der Waals surface area (Å²) in [4.78, 5) is 0. The van der Waals surface area contributed by atoms with Crippen LogP contribution in [0.1, 0.15) is 22.3 Å². The Morgan fingerprint density at radius 3 is 2.19 bits per heavy atom. The summed E-state index contributed by atoms with van der Waals surface area (Å²) in [5, 5.41) is 20.3. The van der Waals surface area contributed by atoms with E-state index in [0.717, 1.165) is 17.7 Å². The molecule has 0 saturated heterocycles. The minimum atomic E-state index is -0.746. The molecule has 0 radical (unpaired) electrons. The summed E-state index contributed by atoms with van der Waals surface area (Å²) >= 11 is 0. The summed E-state index contributed by atoms with van der Waals surface area (Å²) in [6.45, 7) is 0.383. The molecular formula is C16H11F2N3. The molecule has 104 valence electrons. The van der Waals surface area contributed by atoms with Gasteiger partial charge in [-0.2, -0.15) is 10.5 Å². The van der Waals surface area contributed by atoms with Gasteiger partial charge in [0.2, 0.25) is 0 Å². The minimum Gasteiger partial charge on any atom is -0.308 e. The molecule has 0 unspecified atom stereocenters. The van der Waals surface area contributed by atoms with Crippen LogP contribution in [-0.2, 0) is 13.1 Å². The smallest absolute Gasteiger partial charge is 0.131 e. The first-order chi connectivity index (χ1) is 10.1. The number of nitrogens with zero attached hydrogens (tertiary/aromatic N) is 2. The summed E-state index contributed by atoms with van der Waals surface area (Å²) in [7, 11) is 0. The highest BCUT2D eigenvalue weighted by Crippen LogP contribution is 2.15. The van der Waals surface area contributed by atoms with Gasteiger partial charge in [-0.25, -0.2) is 8.78 Å². The van der Waals surface area contributed by atoms with Crippen molar-refractivity contribution < 1.29 is 8.78 Å². The average Bonchev–Trinajstić information content (AvgIpc) is 2.50. The largest absolute Gasteiger partial charge is 0.308 e. The average molecular weight is 283 g/mol. The fourth-order valence-electron chi connectivity index (χ4n) is 1.92. The molecule has 3 nitrogen and oxygen atoms in total. The van der Waals surface area contributed by atoms with Crippen molar-refractivity contribution in [1.29, 1.82) is 10.5 Å². The lowest BCUT2D eigenvalue weighted by Crippen LogP contribution is -2.15. The van der Waals surface area contributed by atoms with Gasteiger partial charge in [0.15, 0.2) is 0 Å². The second-order valence-corrected chi connectivity index (χ2v) is 4.45. The van der Waals surface area contributed by atoms with Crippen LogP contribution in [0.5, 0.6) is 0 Å². The van der Waals surface area contributed by atoms with Crippen LogP contribution < -0.4 is 5.32 Å². The maximum absolute atomic E-state index is 13.7. The third kappa shape index (κ3) is 3.62. The second-order valence-electron chi connectivity index (χ2n) is 4.45. The van der Waals surface area contributed by atoms with Crippen LogP contribution in [0.25, 0.3) is 0 Å². The molecule has 1 N–H and O–H groups in total. The first-order valence-electron chi connectivity index (χ1n) is 6.22. The van der Waals surface area contributed by atoms with E-state index < -0.39 is 11.6 Å². The van der Waals surface area contributed by atoms with Gasteiger partial charge in [-0.05, 0) is 29.8 Å². The quantitative estimate of drug-likeness (QED) is 0.938. The normalized spacial score (nSPS) is 9.90. The van der Waals surface area contributed by atoms with Gasteiger partial charge in [-0.1, -0.05) is 12.1 Å². The van der Waals surface area contributed by atoms with Crippen molar-refractivity contribution in [3.8, 4) is 12.1 Å². The van der Waals surface area contributed by atoms with E-state index in [9.17, 15) is 8.78 Å². The molecule has 0 saturated carbocycles. The number of nitrogens with one attached hydrogen (secondary N) is 1. The van der Waals surface area contributed by atoms with Gasteiger partial charge >= 0.3 is 0 Å². The third-order valence-corrected chi connectivity index (χ3v) is 2.96. The Kier molecular flexibility index (Phi) is 4.61. The Balaban J connectivity index is 2.04. The first-order valence-corrected chi connectivity index (χ1v) is 6.22. The second kappa shape index (κ2) is 6.60. The Morgan fingerprint density at radius 2 is 1.57 bits per heavy atom. The molecule has 0 aliphatic carbocycles. The molecule has 0 bridgehead atoms. The fourth-order valence-corrected chi connectivity index (χ4v) is 1.92. The van der Waals surface area contributed by atoms with Crippen molar-refractivity contribution >= 4 is 0 Å². The van der Waals surface area contributed by atoms with Crippen molar-refractivity contribution in [2.75, 3.05) is 0 Å². The molecule has 0 aromatic heterocycles. The van der Waals surface area contributed by atoms with E-state index >= 15 is 0 Å². The number of benzene rings is 2. The maximum atomic E-state index is 13.7. The van der Waals surface area contributed by atoms with Crippen LogP contribution in [0.15, 0.2) is 36.4 Å². The molecular weight excluding hydrogens is 272 g/mol. The number of rotatable bonds is 4. The maximum Gasteiger partial charge on any atom is 0.131 e. The SMILES string of the molecule is N#Cc1cccc(CNCc2c(F)cc(C#N)cc2F)c1. The molecule has 2 aromatic carbocycles. The Labute approximate surface area is 121 Å². The molecule has 21 heavy (non-hydrogen) atoms. The Bertz CT molecular complexity index is 719. The lowest BCUT2D eigenvalue weighted by Gasteiger charge is -2.08. The molecule has 2 rings (SSSR count). The number of halogens is 2. The summed E-state index contributed by atoms with van der Waals surface area (Å²) in [5.74, 6) is -1.49. The van der Waals surface area contributed by atoms with Gasteiger partial charge in [0.1, 0.15) is 11.6 Å². The van der Waals surface area contributed by atoms with E-state index in [2.05, 4.69) is 5.32 Å². The van der Waals surface area contributed by atoms with Gasteiger partial charge < -0.3 is 5.32 Å². The van der Waals surface area contributed by atoms with E-state index in [1.54, 1.807) is 24.3 Å². The third-order valence-electron chi connectivity index (χ3n) is 2.96. The van der Waals surface area contributed by atoms with Crippen LogP contribution >= 0.6 is 0 Å². The highest BCUT2D eigenvalue weighted by atomic mass is 19.1. The standard InChI is InChI=1S/C16H11F2N3/c17-15-5-13(8-20)6-16(18)14(15)10-21-9-12-3-1-2-11(4-12)7-19/h1-6,21H,9-10H2. The number of hydrogen-bond donors (Lipinski definition) is 1. The zero-order chi connectivity index (χ0) is 15.2. The van der Waals surface area contributed by atoms with Crippen molar-refractivity contribution in [1.82, 2.24) is 5.32 Å². The van der Waals surface area contributed by atoms with E-state index in [4.69, 9.17) is 10.5 Å². The monoisotopic (exact) mass is 283 g/mol. The van der Waals surface area contributed by atoms with E-state index in [0.29, 0.717) is 12.1 Å². The first kappa shape index (κ1) is 14.6. The molecule has 0 spiro atoms. The fraction of sp³-hybridized carbons (Fsp3) is 0.125. The van der Waals surface area contributed by atoms with E-state index in [1.165, 1.54) is 0 Å². The molecule has 5 heteroatoms. The van der Waals surface area contributed by atoms with Crippen LogP contribution in [0.4, 0.5) is 8.78 Å². The predicted molar refractivity (Wildman–Crippen MR) is 72.8 cm³/mol. The Hall–Kier alpha value is -2.76. The van der Waals surface area contributed by atoms with Gasteiger partial charge in [0.25, 0.3) is 0 Å². The number of nitriles is 2. The zero-order valence-corrected chi connectivity index (χ0v) is 11.0. The van der Waals surface area contributed by atoms with Gasteiger partial charge in [0.05, 0.1) is 23.3 Å². The molecule has 0 aliphatic rings. The summed E-state index contributed by atoms with van der Waals surface area (Å²) in [5.41, 5.74) is 1.23. The topological polar surface area (TPSA) is 59.6 Å². The lowest BCUT2D eigenvalue weighted by molar-refractivity contribution is 0.535. The van der Waals surface area contributed by atoms with Crippen molar-refractivity contribution in [3.05, 3.63) is 70.3 Å². The van der Waals surface area contributed by atoms with Crippen LogP contribution in [0.2, 0.25) is 0 Å². The van der Waals surface area contributed by atoms with Crippen molar-refractivity contribution in [2.24, 2.45) is 0 Å². The van der Waals surface area contributed by atoms with Crippen LogP contribution in [0, 0.1) is 34.3 Å². The predicted octanol–water partition coefficient (Wildman–Crippen LogP) is 3.00. The zero-order valence-electron chi connectivity index (χ0n) is 11.0. The van der Waals surface area contributed by atoms with Crippen molar-refractivity contribution in [3.63, 3.8) is 0 Å².